The third kappa shape index (κ3) is 4.58. The molecule has 0 bridgehead atoms. The lowest BCUT2D eigenvalue weighted by atomic mass is 10.3. The van der Waals surface area contributed by atoms with Gasteiger partial charge in [0.05, 0.1) is 20.6 Å². The Bertz CT molecular complexity index is 1230. The van der Waals surface area contributed by atoms with Gasteiger partial charge in [0.2, 0.25) is 0 Å². The van der Waals surface area contributed by atoms with Gasteiger partial charge in [0.15, 0.2) is 0 Å². The van der Waals surface area contributed by atoms with Crippen LogP contribution in [0, 0.1) is 5.82 Å². The minimum Gasteiger partial charge on any atom is -0.277 e. The molecule has 0 aliphatic carbocycles. The first-order valence-electron chi connectivity index (χ1n) is 7.43. The Kier molecular flexibility index (Phi) is 5.87. The van der Waals surface area contributed by atoms with Gasteiger partial charge in [-0.3, -0.25) is 9.44 Å². The van der Waals surface area contributed by atoms with Crippen LogP contribution in [0.1, 0.15) is 0 Å². The summed E-state index contributed by atoms with van der Waals surface area (Å²) in [4.78, 5) is -0.403. The van der Waals surface area contributed by atoms with Gasteiger partial charge >= 0.3 is 0 Å². The quantitative estimate of drug-likeness (QED) is 0.529. The molecule has 0 aliphatic heterocycles. The summed E-state index contributed by atoms with van der Waals surface area (Å²) in [5, 5.41) is 0. The van der Waals surface area contributed by atoms with Crippen LogP contribution in [-0.2, 0) is 20.0 Å². The maximum Gasteiger partial charge on any atom is 0.264 e. The largest absolute Gasteiger partial charge is 0.277 e. The van der Waals surface area contributed by atoms with E-state index in [2.05, 4.69) is 9.44 Å². The van der Waals surface area contributed by atoms with Gasteiger partial charge in [0.25, 0.3) is 20.0 Å². The number of benzene rings is 2. The van der Waals surface area contributed by atoms with Crippen LogP contribution >= 0.6 is 34.5 Å². The summed E-state index contributed by atoms with van der Waals surface area (Å²) < 4.78 is 68.0. The average molecular weight is 481 g/mol. The number of sulfonamides is 2. The average Bonchev–Trinajstić information content (AvgIpc) is 2.96. The molecule has 0 aliphatic rings. The number of thiophene rings is 1. The van der Waals surface area contributed by atoms with Crippen molar-refractivity contribution < 1.29 is 21.2 Å². The van der Waals surface area contributed by atoms with Crippen molar-refractivity contribution >= 4 is 66.0 Å². The molecule has 1 aromatic heterocycles. The lowest BCUT2D eigenvalue weighted by molar-refractivity contribution is 0.598. The fourth-order valence-corrected chi connectivity index (χ4v) is 6.50. The van der Waals surface area contributed by atoms with Crippen molar-refractivity contribution in [3.8, 4) is 0 Å². The second-order valence-corrected chi connectivity index (χ2v) is 11.0. The standard InChI is InChI=1S/C16H11Cl2FN2O4S3/c17-15-9-14(16(18)26-15)28(24,25)21-13-4-2-1-3-12(13)20-27(22,23)11-7-5-10(19)6-8-11/h1-9,20-21H. The van der Waals surface area contributed by atoms with Gasteiger partial charge in [-0.15, -0.1) is 11.3 Å². The molecular formula is C16H11Cl2FN2O4S3. The molecule has 1 heterocycles. The van der Waals surface area contributed by atoms with Crippen LogP contribution < -0.4 is 9.44 Å². The summed E-state index contributed by atoms with van der Waals surface area (Å²) in [7, 11) is -8.19. The first-order valence-corrected chi connectivity index (χ1v) is 12.0. The van der Waals surface area contributed by atoms with E-state index in [0.29, 0.717) is 0 Å². The Morgan fingerprint density at radius 1 is 0.821 bits per heavy atom. The van der Waals surface area contributed by atoms with Crippen molar-refractivity contribution in [3.05, 3.63) is 69.1 Å². The first kappa shape index (κ1) is 20.9. The summed E-state index contributed by atoms with van der Waals surface area (Å²) in [6.45, 7) is 0. The van der Waals surface area contributed by atoms with E-state index in [0.717, 1.165) is 35.6 Å². The van der Waals surface area contributed by atoms with Crippen molar-refractivity contribution in [2.45, 2.75) is 9.79 Å². The van der Waals surface area contributed by atoms with Crippen LogP contribution in [0.3, 0.4) is 0 Å². The summed E-state index contributed by atoms with van der Waals surface area (Å²) >= 11 is 12.6. The van der Waals surface area contributed by atoms with Crippen LogP contribution in [0.5, 0.6) is 0 Å². The lowest BCUT2D eigenvalue weighted by Gasteiger charge is -2.14. The smallest absolute Gasteiger partial charge is 0.264 e. The molecule has 0 unspecified atom stereocenters. The molecule has 0 saturated carbocycles. The number of rotatable bonds is 6. The molecule has 0 saturated heterocycles. The highest BCUT2D eigenvalue weighted by Gasteiger charge is 2.23. The summed E-state index contributed by atoms with van der Waals surface area (Å²) in [6, 6.07) is 11.2. The maximum atomic E-state index is 13.0. The van der Waals surface area contributed by atoms with Gasteiger partial charge in [0.1, 0.15) is 15.0 Å². The zero-order chi connectivity index (χ0) is 20.5. The highest BCUT2D eigenvalue weighted by molar-refractivity contribution is 7.93. The Labute approximate surface area is 175 Å². The van der Waals surface area contributed by atoms with Crippen LogP contribution in [-0.4, -0.2) is 16.8 Å². The van der Waals surface area contributed by atoms with E-state index >= 15 is 0 Å². The van der Waals surface area contributed by atoms with Crippen LogP contribution in [0.2, 0.25) is 8.67 Å². The fraction of sp³-hybridized carbons (Fsp3) is 0. The van der Waals surface area contributed by atoms with Gasteiger partial charge in [0, 0.05) is 0 Å². The number of hydrogen-bond donors (Lipinski definition) is 2. The highest BCUT2D eigenvalue weighted by atomic mass is 35.5. The molecule has 2 N–H and O–H groups in total. The molecule has 3 rings (SSSR count). The van der Waals surface area contributed by atoms with E-state index < -0.39 is 25.9 Å². The Morgan fingerprint density at radius 2 is 1.36 bits per heavy atom. The summed E-state index contributed by atoms with van der Waals surface area (Å²) in [5.74, 6) is -0.585. The topological polar surface area (TPSA) is 92.3 Å². The van der Waals surface area contributed by atoms with E-state index in [4.69, 9.17) is 23.2 Å². The number of halogens is 3. The third-order valence-corrected chi connectivity index (χ3v) is 7.95. The van der Waals surface area contributed by atoms with Gasteiger partial charge < -0.3 is 0 Å². The van der Waals surface area contributed by atoms with Crippen LogP contribution in [0.25, 0.3) is 0 Å². The predicted octanol–water partition coefficient (Wildman–Crippen LogP) is 4.80. The Balaban J connectivity index is 1.93. The van der Waals surface area contributed by atoms with E-state index in [1.54, 1.807) is 0 Å². The van der Waals surface area contributed by atoms with E-state index in [-0.39, 0.29) is 29.8 Å². The predicted molar refractivity (Wildman–Crippen MR) is 109 cm³/mol. The molecule has 3 aromatic rings. The van der Waals surface area contributed by atoms with Gasteiger partial charge in [-0.1, -0.05) is 35.3 Å². The molecule has 148 valence electrons. The second kappa shape index (κ2) is 7.88. The molecule has 0 spiro atoms. The number of nitrogens with one attached hydrogen (secondary N) is 2. The molecule has 28 heavy (non-hydrogen) atoms. The number of anilines is 2. The van der Waals surface area contributed by atoms with Crippen molar-refractivity contribution in [3.63, 3.8) is 0 Å². The minimum absolute atomic E-state index is 0.0205. The molecule has 0 atom stereocenters. The van der Waals surface area contributed by atoms with Crippen molar-refractivity contribution in [1.82, 2.24) is 0 Å². The highest BCUT2D eigenvalue weighted by Crippen LogP contribution is 2.36. The van der Waals surface area contributed by atoms with Gasteiger partial charge in [-0.25, -0.2) is 21.2 Å². The second-order valence-electron chi connectivity index (χ2n) is 5.40. The number of para-hydroxylation sites is 2. The monoisotopic (exact) mass is 480 g/mol. The van der Waals surface area contributed by atoms with Crippen LogP contribution in [0.4, 0.5) is 15.8 Å². The Hall–Kier alpha value is -1.85. The zero-order valence-corrected chi connectivity index (χ0v) is 17.6. The van der Waals surface area contributed by atoms with E-state index in [1.165, 1.54) is 30.3 Å². The molecule has 12 heteroatoms. The Morgan fingerprint density at radius 3 is 1.86 bits per heavy atom. The van der Waals surface area contributed by atoms with E-state index in [1.807, 2.05) is 0 Å². The molecule has 6 nitrogen and oxygen atoms in total. The molecule has 0 radical (unpaired) electrons. The van der Waals surface area contributed by atoms with Crippen molar-refractivity contribution in [2.75, 3.05) is 9.44 Å². The summed E-state index contributed by atoms with van der Waals surface area (Å²) in [5.41, 5.74) is -0.0422. The van der Waals surface area contributed by atoms with E-state index in [9.17, 15) is 21.2 Å². The third-order valence-electron chi connectivity index (χ3n) is 3.45. The van der Waals surface area contributed by atoms with Crippen molar-refractivity contribution in [2.24, 2.45) is 0 Å². The normalized spacial score (nSPS) is 12.0. The fourth-order valence-electron chi connectivity index (χ4n) is 2.19. The SMILES string of the molecule is O=S(=O)(Nc1ccccc1NS(=O)(=O)c1cc(Cl)sc1Cl)c1ccc(F)cc1. The van der Waals surface area contributed by atoms with Gasteiger partial charge in [-0.05, 0) is 42.5 Å². The molecule has 0 fully saturated rings. The first-order chi connectivity index (χ1) is 13.1. The zero-order valence-electron chi connectivity index (χ0n) is 13.7. The lowest BCUT2D eigenvalue weighted by Crippen LogP contribution is -2.17. The molecule has 0 amide bonds. The minimum atomic E-state index is -4.11. The number of hydrogen-bond acceptors (Lipinski definition) is 5. The molecule has 2 aromatic carbocycles. The maximum absolute atomic E-state index is 13.0. The van der Waals surface area contributed by atoms with Gasteiger partial charge in [-0.2, -0.15) is 0 Å². The summed E-state index contributed by atoms with van der Waals surface area (Å²) in [6.07, 6.45) is 0. The molecular weight excluding hydrogens is 470 g/mol. The van der Waals surface area contributed by atoms with Crippen LogP contribution in [0.15, 0.2) is 64.4 Å². The van der Waals surface area contributed by atoms with Crippen molar-refractivity contribution in [1.29, 1.82) is 0 Å².